The summed E-state index contributed by atoms with van der Waals surface area (Å²) in [5.41, 5.74) is 8.20. The van der Waals surface area contributed by atoms with Gasteiger partial charge in [-0.1, -0.05) is 42.0 Å². The molecule has 0 bridgehead atoms. The van der Waals surface area contributed by atoms with Gasteiger partial charge < -0.3 is 4.42 Å². The highest BCUT2D eigenvalue weighted by molar-refractivity contribution is 5.89. The van der Waals surface area contributed by atoms with Crippen LogP contribution in [-0.4, -0.2) is 21.9 Å². The Morgan fingerprint density at radius 2 is 1.90 bits per heavy atom. The van der Waals surface area contributed by atoms with Crippen LogP contribution in [0.4, 0.5) is 0 Å². The monoisotopic (exact) mass is 412 g/mol. The predicted molar refractivity (Wildman–Crippen MR) is 121 cm³/mol. The average Bonchev–Trinajstić information content (AvgIpc) is 3.37. The van der Waals surface area contributed by atoms with E-state index >= 15 is 0 Å². The highest BCUT2D eigenvalue weighted by atomic mass is 16.3. The quantitative estimate of drug-likeness (QED) is 0.367. The van der Waals surface area contributed by atoms with Crippen molar-refractivity contribution in [1.82, 2.24) is 15.2 Å². The number of carbonyl (C=O) groups excluding carboxylic acids is 1. The van der Waals surface area contributed by atoms with Crippen molar-refractivity contribution in [2.75, 3.05) is 0 Å². The molecule has 1 amide bonds. The van der Waals surface area contributed by atoms with E-state index in [1.54, 1.807) is 10.9 Å². The van der Waals surface area contributed by atoms with Crippen LogP contribution in [0.15, 0.2) is 76.4 Å². The molecule has 4 rings (SSSR count). The van der Waals surface area contributed by atoms with Crippen LogP contribution in [-0.2, 0) is 11.2 Å². The van der Waals surface area contributed by atoms with Gasteiger partial charge in [0.25, 0.3) is 0 Å². The highest BCUT2D eigenvalue weighted by Gasteiger charge is 2.14. The Kier molecular flexibility index (Phi) is 5.80. The van der Waals surface area contributed by atoms with Crippen LogP contribution in [0, 0.1) is 20.8 Å². The minimum atomic E-state index is -0.172. The molecule has 1 N–H and O–H groups in total. The molecule has 6 nitrogen and oxygen atoms in total. The van der Waals surface area contributed by atoms with Gasteiger partial charge in [-0.2, -0.15) is 10.2 Å². The van der Waals surface area contributed by atoms with Crippen molar-refractivity contribution in [3.63, 3.8) is 0 Å². The van der Waals surface area contributed by atoms with Crippen LogP contribution in [0.5, 0.6) is 0 Å². The van der Waals surface area contributed by atoms with E-state index in [9.17, 15) is 4.79 Å². The normalized spacial score (nSPS) is 11.2. The molecule has 0 aliphatic rings. The number of aryl methyl sites for hydroxylation is 3. The molecule has 0 radical (unpaired) electrons. The molecule has 2 aromatic carbocycles. The van der Waals surface area contributed by atoms with Gasteiger partial charge >= 0.3 is 0 Å². The number of nitrogens with one attached hydrogen (secondary N) is 1. The van der Waals surface area contributed by atoms with Crippen molar-refractivity contribution in [3.8, 4) is 17.1 Å². The Labute approximate surface area is 181 Å². The molecular weight excluding hydrogens is 388 g/mol. The number of furan rings is 1. The lowest BCUT2D eigenvalue weighted by Gasteiger charge is -2.05. The molecule has 2 heterocycles. The van der Waals surface area contributed by atoms with Gasteiger partial charge in [0, 0.05) is 11.8 Å². The molecule has 0 aliphatic heterocycles. The number of nitrogens with zero attached hydrogens (tertiary/aromatic N) is 3. The fourth-order valence-corrected chi connectivity index (χ4v) is 3.38. The van der Waals surface area contributed by atoms with Crippen molar-refractivity contribution in [3.05, 3.63) is 94.9 Å². The maximum Gasteiger partial charge on any atom is 0.244 e. The largest absolute Gasteiger partial charge is 0.460 e. The number of hydrazone groups is 1. The molecule has 4 aromatic rings. The summed E-state index contributed by atoms with van der Waals surface area (Å²) in [5, 5.41) is 8.83. The zero-order chi connectivity index (χ0) is 21.8. The number of hydrogen-bond donors (Lipinski definition) is 1. The maximum atomic E-state index is 12.4. The first-order chi connectivity index (χ1) is 15.0. The third-order valence-electron chi connectivity index (χ3n) is 4.98. The van der Waals surface area contributed by atoms with Gasteiger partial charge in [0.1, 0.15) is 11.5 Å². The highest BCUT2D eigenvalue weighted by Crippen LogP contribution is 2.24. The predicted octanol–water partition coefficient (Wildman–Crippen LogP) is 4.75. The zero-order valence-electron chi connectivity index (χ0n) is 17.8. The molecule has 0 saturated carbocycles. The maximum absolute atomic E-state index is 12.4. The van der Waals surface area contributed by atoms with Crippen LogP contribution in [0.2, 0.25) is 0 Å². The van der Waals surface area contributed by atoms with E-state index in [2.05, 4.69) is 21.7 Å². The molecule has 0 spiro atoms. The second-order valence-electron chi connectivity index (χ2n) is 7.52. The lowest BCUT2D eigenvalue weighted by Crippen LogP contribution is -2.20. The van der Waals surface area contributed by atoms with Crippen LogP contribution >= 0.6 is 0 Å². The second kappa shape index (κ2) is 8.83. The first-order valence-electron chi connectivity index (χ1n) is 10.1. The van der Waals surface area contributed by atoms with Gasteiger partial charge in [0.2, 0.25) is 5.91 Å². The number of rotatable bonds is 6. The molecule has 0 unspecified atom stereocenters. The van der Waals surface area contributed by atoms with Gasteiger partial charge in [-0.15, -0.1) is 0 Å². The Hall–Kier alpha value is -3.93. The van der Waals surface area contributed by atoms with Gasteiger partial charge in [-0.05, 0) is 56.2 Å². The lowest BCUT2D eigenvalue weighted by molar-refractivity contribution is -0.120. The Balaban J connectivity index is 1.54. The fourth-order valence-electron chi connectivity index (χ4n) is 3.38. The third-order valence-corrected chi connectivity index (χ3v) is 4.98. The molecule has 0 atom stereocenters. The minimum Gasteiger partial charge on any atom is -0.460 e. The lowest BCUT2D eigenvalue weighted by atomic mass is 10.0. The topological polar surface area (TPSA) is 72.4 Å². The van der Waals surface area contributed by atoms with E-state index in [-0.39, 0.29) is 12.3 Å². The van der Waals surface area contributed by atoms with Crippen LogP contribution in [0.1, 0.15) is 28.0 Å². The molecule has 0 saturated heterocycles. The van der Waals surface area contributed by atoms with E-state index < -0.39 is 0 Å². The summed E-state index contributed by atoms with van der Waals surface area (Å²) in [6.45, 7) is 5.93. The molecule has 6 heteroatoms. The van der Waals surface area contributed by atoms with Gasteiger partial charge in [-0.3, -0.25) is 4.79 Å². The summed E-state index contributed by atoms with van der Waals surface area (Å²) in [5.74, 6) is 1.28. The number of aromatic nitrogens is 2. The third kappa shape index (κ3) is 4.80. The minimum absolute atomic E-state index is 0.172. The number of para-hydroxylation sites is 1. The van der Waals surface area contributed by atoms with Crippen LogP contribution in [0.3, 0.4) is 0 Å². The summed E-state index contributed by atoms with van der Waals surface area (Å²) in [6, 6.07) is 19.6. The SMILES string of the molecule is Cc1ccc(CC(=O)N/N=C/c2cn(-c3ccccc3)nc2-c2ccc(C)o2)c(C)c1. The van der Waals surface area contributed by atoms with E-state index in [0.29, 0.717) is 11.5 Å². The number of carbonyl (C=O) groups is 1. The van der Waals surface area contributed by atoms with Gasteiger partial charge in [0.05, 0.1) is 18.3 Å². The number of benzene rings is 2. The van der Waals surface area contributed by atoms with Crippen molar-refractivity contribution >= 4 is 12.1 Å². The van der Waals surface area contributed by atoms with Gasteiger partial charge in [-0.25, -0.2) is 10.1 Å². The smallest absolute Gasteiger partial charge is 0.244 e. The van der Waals surface area contributed by atoms with Crippen molar-refractivity contribution in [2.45, 2.75) is 27.2 Å². The van der Waals surface area contributed by atoms with Crippen molar-refractivity contribution < 1.29 is 9.21 Å². The molecule has 0 fully saturated rings. The standard InChI is InChI=1S/C25H24N4O2/c1-17-9-11-20(18(2)13-17)14-24(30)27-26-15-21-16-29(22-7-5-4-6-8-22)28-25(21)23-12-10-19(3)31-23/h4-13,15-16H,14H2,1-3H3,(H,27,30)/b26-15+. The number of hydrogen-bond acceptors (Lipinski definition) is 4. The molecule has 156 valence electrons. The summed E-state index contributed by atoms with van der Waals surface area (Å²) in [4.78, 5) is 12.4. The summed E-state index contributed by atoms with van der Waals surface area (Å²) >= 11 is 0. The van der Waals surface area contributed by atoms with E-state index in [0.717, 1.165) is 28.1 Å². The summed E-state index contributed by atoms with van der Waals surface area (Å²) < 4.78 is 7.53. The van der Waals surface area contributed by atoms with Crippen molar-refractivity contribution in [1.29, 1.82) is 0 Å². The van der Waals surface area contributed by atoms with E-state index in [1.165, 1.54) is 5.56 Å². The van der Waals surface area contributed by atoms with Crippen molar-refractivity contribution in [2.24, 2.45) is 5.10 Å². The zero-order valence-corrected chi connectivity index (χ0v) is 17.8. The number of amides is 1. The Morgan fingerprint density at radius 3 is 2.61 bits per heavy atom. The molecule has 0 aliphatic carbocycles. The Bertz CT molecular complexity index is 1240. The van der Waals surface area contributed by atoms with Crippen LogP contribution < -0.4 is 5.43 Å². The second-order valence-corrected chi connectivity index (χ2v) is 7.52. The fraction of sp³-hybridized carbons (Fsp3) is 0.160. The first kappa shape index (κ1) is 20.3. The average molecular weight is 412 g/mol. The molecule has 2 aromatic heterocycles. The van der Waals surface area contributed by atoms with Gasteiger partial charge in [0.15, 0.2) is 5.76 Å². The summed E-state index contributed by atoms with van der Waals surface area (Å²) in [7, 11) is 0. The first-order valence-corrected chi connectivity index (χ1v) is 10.1. The molecular formula is C25H24N4O2. The van der Waals surface area contributed by atoms with E-state index in [1.807, 2.05) is 81.6 Å². The van der Waals surface area contributed by atoms with Crippen LogP contribution in [0.25, 0.3) is 17.1 Å². The Morgan fingerprint density at radius 1 is 1.10 bits per heavy atom. The van der Waals surface area contributed by atoms with E-state index in [4.69, 9.17) is 4.42 Å². The summed E-state index contributed by atoms with van der Waals surface area (Å²) in [6.07, 6.45) is 3.73. The molecule has 31 heavy (non-hydrogen) atoms.